The monoisotopic (exact) mass is 444 g/mol. The maximum absolute atomic E-state index is 13.1. The van der Waals surface area contributed by atoms with E-state index >= 15 is 0 Å². The Bertz CT molecular complexity index is 995. The van der Waals surface area contributed by atoms with E-state index in [9.17, 15) is 13.2 Å². The number of nitrogens with zero attached hydrogens (tertiary/aromatic N) is 1. The van der Waals surface area contributed by atoms with Crippen molar-refractivity contribution < 1.29 is 17.9 Å². The maximum Gasteiger partial charge on any atom is 0.261 e. The normalized spacial score (nSPS) is 15.0. The summed E-state index contributed by atoms with van der Waals surface area (Å²) >= 11 is 0. The van der Waals surface area contributed by atoms with Gasteiger partial charge in [-0.1, -0.05) is 32.4 Å². The molecule has 2 aromatic rings. The zero-order valence-electron chi connectivity index (χ0n) is 18.6. The van der Waals surface area contributed by atoms with E-state index in [1.165, 1.54) is 24.8 Å². The van der Waals surface area contributed by atoms with Crippen LogP contribution < -0.4 is 9.46 Å². The van der Waals surface area contributed by atoms with Gasteiger partial charge in [-0.2, -0.15) is 0 Å². The number of anilines is 1. The van der Waals surface area contributed by atoms with Gasteiger partial charge in [0.15, 0.2) is 0 Å². The van der Waals surface area contributed by atoms with Gasteiger partial charge in [-0.25, -0.2) is 8.42 Å². The Hall–Kier alpha value is -2.54. The third-order valence-corrected chi connectivity index (χ3v) is 7.19. The largest absolute Gasteiger partial charge is 0.496 e. The Morgan fingerprint density at radius 1 is 1.13 bits per heavy atom. The number of amides is 1. The number of benzene rings is 2. The number of methoxy groups -OCH3 is 1. The summed E-state index contributed by atoms with van der Waals surface area (Å²) in [6.45, 7) is 5.66. The van der Waals surface area contributed by atoms with E-state index in [2.05, 4.69) is 18.6 Å². The number of sulfonamides is 1. The molecule has 7 heteroatoms. The number of rotatable bonds is 8. The van der Waals surface area contributed by atoms with E-state index in [1.807, 2.05) is 12.1 Å². The Labute approximate surface area is 185 Å². The summed E-state index contributed by atoms with van der Waals surface area (Å²) in [6, 6.07) is 11.8. The molecule has 1 heterocycles. The van der Waals surface area contributed by atoms with Gasteiger partial charge in [0.2, 0.25) is 0 Å². The number of carbonyl (C=O) groups is 1. The summed E-state index contributed by atoms with van der Waals surface area (Å²) in [4.78, 5) is 14.9. The van der Waals surface area contributed by atoms with Crippen LogP contribution >= 0.6 is 0 Å². The van der Waals surface area contributed by atoms with Gasteiger partial charge in [-0.3, -0.25) is 9.52 Å². The van der Waals surface area contributed by atoms with Crippen molar-refractivity contribution in [3.8, 4) is 5.75 Å². The number of aryl methyl sites for hydroxylation is 1. The number of nitrogens with one attached hydrogen (secondary N) is 1. The highest BCUT2D eigenvalue weighted by Gasteiger charge is 2.26. The first-order valence-corrected chi connectivity index (χ1v) is 12.4. The van der Waals surface area contributed by atoms with E-state index in [1.54, 1.807) is 23.1 Å². The minimum atomic E-state index is -3.84. The molecular weight excluding hydrogens is 412 g/mol. The molecule has 0 unspecified atom stereocenters. The van der Waals surface area contributed by atoms with Gasteiger partial charge in [-0.15, -0.1) is 0 Å². The average molecular weight is 445 g/mol. The summed E-state index contributed by atoms with van der Waals surface area (Å²) in [5.74, 6) is 0.777. The highest BCUT2D eigenvalue weighted by atomic mass is 32.2. The van der Waals surface area contributed by atoms with Crippen molar-refractivity contribution in [3.05, 3.63) is 53.6 Å². The first-order valence-electron chi connectivity index (χ1n) is 10.9. The lowest BCUT2D eigenvalue weighted by Crippen LogP contribution is -2.38. The van der Waals surface area contributed by atoms with E-state index < -0.39 is 10.0 Å². The van der Waals surface area contributed by atoms with Crippen LogP contribution in [0.15, 0.2) is 47.4 Å². The number of piperidine rings is 1. The number of likely N-dealkylation sites (tertiary alicyclic amines) is 1. The quantitative estimate of drug-likeness (QED) is 0.640. The molecule has 3 rings (SSSR count). The number of ether oxygens (including phenoxy) is 1. The SMILES string of the molecule is CCCCc1ccc(NS(=O)(=O)c2ccc(OC)c(C(=O)N3CCC(C)CC3)c2)cc1. The minimum absolute atomic E-state index is 0.0390. The fourth-order valence-electron chi connectivity index (χ4n) is 3.74. The molecule has 0 saturated carbocycles. The molecule has 168 valence electrons. The van der Waals surface area contributed by atoms with Crippen molar-refractivity contribution in [2.45, 2.75) is 50.8 Å². The van der Waals surface area contributed by atoms with Gasteiger partial charge in [0, 0.05) is 18.8 Å². The van der Waals surface area contributed by atoms with Crippen molar-refractivity contribution in [1.29, 1.82) is 0 Å². The highest BCUT2D eigenvalue weighted by Crippen LogP contribution is 2.27. The number of hydrogen-bond acceptors (Lipinski definition) is 4. The van der Waals surface area contributed by atoms with Crippen LogP contribution in [0.25, 0.3) is 0 Å². The number of carbonyl (C=O) groups excluding carboxylic acids is 1. The van der Waals surface area contributed by atoms with Crippen LogP contribution in [-0.4, -0.2) is 39.4 Å². The third-order valence-electron chi connectivity index (χ3n) is 5.81. The van der Waals surface area contributed by atoms with Crippen LogP contribution in [0.1, 0.15) is 55.5 Å². The standard InChI is InChI=1S/C24H32N2O4S/c1-4-5-6-19-7-9-20(10-8-19)25-31(28,29)21-11-12-23(30-3)22(17-21)24(27)26-15-13-18(2)14-16-26/h7-12,17-18,25H,4-6,13-16H2,1-3H3. The Morgan fingerprint density at radius 3 is 2.42 bits per heavy atom. The molecule has 6 nitrogen and oxygen atoms in total. The van der Waals surface area contributed by atoms with Gasteiger partial charge in [0.1, 0.15) is 5.75 Å². The zero-order valence-corrected chi connectivity index (χ0v) is 19.4. The summed E-state index contributed by atoms with van der Waals surface area (Å²) in [5, 5.41) is 0. The zero-order chi connectivity index (χ0) is 22.4. The molecule has 1 aliphatic rings. The maximum atomic E-state index is 13.1. The van der Waals surface area contributed by atoms with E-state index in [0.29, 0.717) is 30.4 Å². The fraction of sp³-hybridized carbons (Fsp3) is 0.458. The summed E-state index contributed by atoms with van der Waals surface area (Å²) in [6.07, 6.45) is 5.08. The van der Waals surface area contributed by atoms with Crippen LogP contribution in [0.4, 0.5) is 5.69 Å². The molecule has 1 saturated heterocycles. The molecule has 0 atom stereocenters. The second-order valence-electron chi connectivity index (χ2n) is 8.24. The lowest BCUT2D eigenvalue weighted by molar-refractivity contribution is 0.0693. The molecular formula is C24H32N2O4S. The Balaban J connectivity index is 1.81. The van der Waals surface area contributed by atoms with E-state index in [0.717, 1.165) is 32.1 Å². The third kappa shape index (κ3) is 5.79. The summed E-state index contributed by atoms with van der Waals surface area (Å²) < 4.78 is 33.9. The van der Waals surface area contributed by atoms with Crippen molar-refractivity contribution >= 4 is 21.6 Å². The van der Waals surface area contributed by atoms with Crippen molar-refractivity contribution in [2.75, 3.05) is 24.9 Å². The molecule has 2 aromatic carbocycles. The van der Waals surface area contributed by atoms with Gasteiger partial charge in [-0.05, 0) is 67.5 Å². The van der Waals surface area contributed by atoms with Crippen LogP contribution in [0, 0.1) is 5.92 Å². The summed E-state index contributed by atoms with van der Waals surface area (Å²) in [5.41, 5.74) is 1.95. The fourth-order valence-corrected chi connectivity index (χ4v) is 4.82. The second kappa shape index (κ2) is 10.2. The van der Waals surface area contributed by atoms with Gasteiger partial charge in [0.05, 0.1) is 17.6 Å². The topological polar surface area (TPSA) is 75.7 Å². The molecule has 0 bridgehead atoms. The van der Waals surface area contributed by atoms with Crippen molar-refractivity contribution in [2.24, 2.45) is 5.92 Å². The van der Waals surface area contributed by atoms with E-state index in [4.69, 9.17) is 4.74 Å². The lowest BCUT2D eigenvalue weighted by Gasteiger charge is -2.30. The minimum Gasteiger partial charge on any atom is -0.496 e. The molecule has 31 heavy (non-hydrogen) atoms. The van der Waals surface area contributed by atoms with E-state index in [-0.39, 0.29) is 16.4 Å². The molecule has 0 spiro atoms. The Kier molecular flexibility index (Phi) is 7.59. The van der Waals surface area contributed by atoms with Crippen molar-refractivity contribution in [3.63, 3.8) is 0 Å². The highest BCUT2D eigenvalue weighted by molar-refractivity contribution is 7.92. The smallest absolute Gasteiger partial charge is 0.261 e. The molecule has 0 aromatic heterocycles. The molecule has 1 N–H and O–H groups in total. The number of hydrogen-bond donors (Lipinski definition) is 1. The van der Waals surface area contributed by atoms with Gasteiger partial charge < -0.3 is 9.64 Å². The lowest BCUT2D eigenvalue weighted by atomic mass is 9.98. The van der Waals surface area contributed by atoms with Crippen LogP contribution in [0.3, 0.4) is 0 Å². The predicted octanol–water partition coefficient (Wildman–Crippen LogP) is 4.71. The Morgan fingerprint density at radius 2 is 1.81 bits per heavy atom. The molecule has 0 radical (unpaired) electrons. The summed E-state index contributed by atoms with van der Waals surface area (Å²) in [7, 11) is -2.36. The van der Waals surface area contributed by atoms with Crippen LogP contribution in [-0.2, 0) is 16.4 Å². The molecule has 1 aliphatic heterocycles. The molecule has 1 fully saturated rings. The van der Waals surface area contributed by atoms with Crippen LogP contribution in [0.5, 0.6) is 5.75 Å². The number of unbranched alkanes of at least 4 members (excludes halogenated alkanes) is 1. The van der Waals surface area contributed by atoms with Gasteiger partial charge in [0.25, 0.3) is 15.9 Å². The second-order valence-corrected chi connectivity index (χ2v) is 9.93. The van der Waals surface area contributed by atoms with Gasteiger partial charge >= 0.3 is 0 Å². The average Bonchev–Trinajstić information content (AvgIpc) is 2.78. The van der Waals surface area contributed by atoms with Crippen molar-refractivity contribution in [1.82, 2.24) is 4.90 Å². The molecule has 1 amide bonds. The first kappa shape index (κ1) is 23.1. The first-order chi connectivity index (χ1) is 14.8. The molecule has 0 aliphatic carbocycles. The predicted molar refractivity (Wildman–Crippen MR) is 123 cm³/mol. The van der Waals surface area contributed by atoms with Crippen LogP contribution in [0.2, 0.25) is 0 Å².